The van der Waals surface area contributed by atoms with Crippen molar-refractivity contribution in [1.82, 2.24) is 0 Å². The van der Waals surface area contributed by atoms with Gasteiger partial charge in [-0.3, -0.25) is 0 Å². The molecule has 3 aromatic carbocycles. The lowest BCUT2D eigenvalue weighted by molar-refractivity contribution is 0.437. The molecule has 0 radical (unpaired) electrons. The molecule has 1 saturated heterocycles. The molecule has 0 unspecified atom stereocenters. The van der Waals surface area contributed by atoms with Crippen molar-refractivity contribution in [2.24, 2.45) is 5.92 Å². The van der Waals surface area contributed by atoms with Crippen LogP contribution in [0.4, 0.5) is 4.39 Å². The summed E-state index contributed by atoms with van der Waals surface area (Å²) in [7, 11) is -0.380. The summed E-state index contributed by atoms with van der Waals surface area (Å²) in [5, 5.41) is 0. The standard InChI is InChI=1S/C30H37FSi/c1-2-3-4-21-32-22-19-25(20-23-32)6-5-24-7-9-26(10-8-24)27-11-13-28(14-12-27)29-15-17-30(31)18-16-29/h7-18,25,32H,2-6,19-23H2,1H3/t25-,32-. The molecule has 1 aliphatic heterocycles. The number of unbranched alkanes of at least 4 members (excludes halogenated alkanes) is 2. The SMILES string of the molecule is CCCCC[Si@H]1CC[C@H](CCc2ccc(-c3ccc(-c4ccc(F)cc4)cc3)cc2)CC1. The lowest BCUT2D eigenvalue weighted by atomic mass is 9.93. The third kappa shape index (κ3) is 6.42. The molecule has 1 heterocycles. The van der Waals surface area contributed by atoms with E-state index in [0.717, 1.165) is 17.0 Å². The maximum absolute atomic E-state index is 13.2. The number of benzene rings is 3. The van der Waals surface area contributed by atoms with Gasteiger partial charge in [0.05, 0.1) is 0 Å². The van der Waals surface area contributed by atoms with E-state index in [9.17, 15) is 4.39 Å². The third-order valence-corrected chi connectivity index (χ3v) is 10.9. The molecular weight excluding hydrogens is 407 g/mol. The average Bonchev–Trinajstić information content (AvgIpc) is 2.85. The van der Waals surface area contributed by atoms with Gasteiger partial charge < -0.3 is 0 Å². The number of hydrogen-bond donors (Lipinski definition) is 0. The van der Waals surface area contributed by atoms with Gasteiger partial charge in [0.1, 0.15) is 5.82 Å². The van der Waals surface area contributed by atoms with Crippen molar-refractivity contribution in [3.05, 3.63) is 84.2 Å². The van der Waals surface area contributed by atoms with Crippen LogP contribution in [0.5, 0.6) is 0 Å². The molecule has 0 aliphatic carbocycles. The van der Waals surface area contributed by atoms with E-state index in [2.05, 4.69) is 55.5 Å². The molecule has 168 valence electrons. The molecule has 2 heteroatoms. The summed E-state index contributed by atoms with van der Waals surface area (Å²) < 4.78 is 13.2. The molecule has 0 amide bonds. The number of hydrogen-bond acceptors (Lipinski definition) is 0. The molecule has 3 aromatic rings. The highest BCUT2D eigenvalue weighted by Crippen LogP contribution is 2.31. The molecule has 1 fully saturated rings. The van der Waals surface area contributed by atoms with Crippen molar-refractivity contribution in [3.8, 4) is 22.3 Å². The zero-order valence-electron chi connectivity index (χ0n) is 19.5. The molecular formula is C30H37FSi. The first-order chi connectivity index (χ1) is 15.7. The predicted octanol–water partition coefficient (Wildman–Crippen LogP) is 8.92. The molecule has 0 spiro atoms. The Morgan fingerprint density at radius 1 is 0.719 bits per heavy atom. The molecule has 0 aromatic heterocycles. The van der Waals surface area contributed by atoms with E-state index < -0.39 is 0 Å². The Balaban J connectivity index is 1.26. The lowest BCUT2D eigenvalue weighted by Crippen LogP contribution is -2.21. The topological polar surface area (TPSA) is 0 Å². The minimum atomic E-state index is -0.380. The Labute approximate surface area is 195 Å². The highest BCUT2D eigenvalue weighted by molar-refractivity contribution is 6.58. The normalized spacial score (nSPS) is 18.6. The lowest BCUT2D eigenvalue weighted by Gasteiger charge is -2.27. The van der Waals surface area contributed by atoms with E-state index in [-0.39, 0.29) is 14.6 Å². The highest BCUT2D eigenvalue weighted by Gasteiger charge is 2.21. The Morgan fingerprint density at radius 3 is 1.75 bits per heavy atom. The van der Waals surface area contributed by atoms with Crippen molar-refractivity contribution in [3.63, 3.8) is 0 Å². The van der Waals surface area contributed by atoms with E-state index in [4.69, 9.17) is 0 Å². The molecule has 1 aliphatic rings. The van der Waals surface area contributed by atoms with Crippen LogP contribution in [0, 0.1) is 11.7 Å². The molecule has 0 atom stereocenters. The van der Waals surface area contributed by atoms with Crippen molar-refractivity contribution >= 4 is 8.80 Å². The van der Waals surface area contributed by atoms with E-state index in [0.29, 0.717) is 0 Å². The van der Waals surface area contributed by atoms with Crippen molar-refractivity contribution in [2.45, 2.75) is 70.0 Å². The molecule has 0 saturated carbocycles. The van der Waals surface area contributed by atoms with Crippen LogP contribution in [0.1, 0.15) is 51.0 Å². The zero-order valence-corrected chi connectivity index (χ0v) is 20.7. The van der Waals surface area contributed by atoms with E-state index >= 15 is 0 Å². The van der Waals surface area contributed by atoms with Crippen molar-refractivity contribution < 1.29 is 4.39 Å². The Morgan fingerprint density at radius 2 is 1.22 bits per heavy atom. The average molecular weight is 445 g/mol. The summed E-state index contributed by atoms with van der Waals surface area (Å²) in [6.45, 7) is 2.32. The molecule has 32 heavy (non-hydrogen) atoms. The van der Waals surface area contributed by atoms with Crippen LogP contribution in [0.25, 0.3) is 22.3 Å². The number of aryl methyl sites for hydroxylation is 1. The van der Waals surface area contributed by atoms with Crippen LogP contribution in [0.15, 0.2) is 72.8 Å². The van der Waals surface area contributed by atoms with Gasteiger partial charge in [-0.05, 0) is 58.7 Å². The van der Waals surface area contributed by atoms with E-state index in [1.807, 2.05) is 12.1 Å². The van der Waals surface area contributed by atoms with Crippen LogP contribution < -0.4 is 0 Å². The van der Waals surface area contributed by atoms with Crippen molar-refractivity contribution in [2.75, 3.05) is 0 Å². The first-order valence-electron chi connectivity index (χ1n) is 12.7. The monoisotopic (exact) mass is 444 g/mol. The fraction of sp³-hybridized carbons (Fsp3) is 0.400. The third-order valence-electron chi connectivity index (χ3n) is 7.37. The minimum absolute atomic E-state index is 0.192. The summed E-state index contributed by atoms with van der Waals surface area (Å²) in [4.78, 5) is 0. The summed E-state index contributed by atoms with van der Waals surface area (Å²) in [5.41, 5.74) is 6.13. The van der Waals surface area contributed by atoms with Gasteiger partial charge in [0, 0.05) is 8.80 Å². The van der Waals surface area contributed by atoms with Gasteiger partial charge in [0.25, 0.3) is 0 Å². The second kappa shape index (κ2) is 11.6. The van der Waals surface area contributed by atoms with Gasteiger partial charge in [-0.25, -0.2) is 4.39 Å². The van der Waals surface area contributed by atoms with Crippen LogP contribution in [-0.4, -0.2) is 8.80 Å². The van der Waals surface area contributed by atoms with Crippen LogP contribution in [-0.2, 0) is 6.42 Å². The maximum Gasteiger partial charge on any atom is 0.123 e. The van der Waals surface area contributed by atoms with Gasteiger partial charge in [0.15, 0.2) is 0 Å². The summed E-state index contributed by atoms with van der Waals surface area (Å²) in [6.07, 6.45) is 9.89. The number of rotatable bonds is 9. The van der Waals surface area contributed by atoms with Gasteiger partial charge in [-0.1, -0.05) is 118 Å². The molecule has 0 N–H and O–H groups in total. The van der Waals surface area contributed by atoms with Crippen LogP contribution in [0.2, 0.25) is 18.1 Å². The Hall–Kier alpha value is -2.19. The summed E-state index contributed by atoms with van der Waals surface area (Å²) >= 11 is 0. The van der Waals surface area contributed by atoms with Crippen LogP contribution >= 0.6 is 0 Å². The predicted molar refractivity (Wildman–Crippen MR) is 139 cm³/mol. The first kappa shape index (κ1) is 23.0. The van der Waals surface area contributed by atoms with Gasteiger partial charge in [-0.2, -0.15) is 0 Å². The highest BCUT2D eigenvalue weighted by atomic mass is 28.3. The Bertz CT molecular complexity index is 936. The van der Waals surface area contributed by atoms with Gasteiger partial charge in [-0.15, -0.1) is 0 Å². The van der Waals surface area contributed by atoms with E-state index in [1.165, 1.54) is 73.8 Å². The second-order valence-electron chi connectivity index (χ2n) is 9.70. The zero-order chi connectivity index (χ0) is 22.2. The fourth-order valence-electron chi connectivity index (χ4n) is 5.22. The van der Waals surface area contributed by atoms with Crippen molar-refractivity contribution in [1.29, 1.82) is 0 Å². The molecule has 4 rings (SSSR count). The minimum Gasteiger partial charge on any atom is -0.207 e. The van der Waals surface area contributed by atoms with Crippen LogP contribution in [0.3, 0.4) is 0 Å². The van der Waals surface area contributed by atoms with Gasteiger partial charge in [0.2, 0.25) is 0 Å². The summed E-state index contributed by atoms with van der Waals surface area (Å²) in [5.74, 6) is 0.769. The first-order valence-corrected chi connectivity index (χ1v) is 15.1. The fourth-order valence-corrected chi connectivity index (χ4v) is 8.84. The van der Waals surface area contributed by atoms with Gasteiger partial charge >= 0.3 is 0 Å². The number of halogens is 1. The second-order valence-corrected chi connectivity index (χ2v) is 13.2. The van der Waals surface area contributed by atoms with E-state index in [1.54, 1.807) is 18.1 Å². The largest absolute Gasteiger partial charge is 0.207 e. The quantitative estimate of drug-likeness (QED) is 0.228. The molecule has 0 bridgehead atoms. The summed E-state index contributed by atoms with van der Waals surface area (Å²) in [6, 6.07) is 29.2. The maximum atomic E-state index is 13.2. The Kier molecular flexibility index (Phi) is 8.34. The smallest absolute Gasteiger partial charge is 0.123 e. The molecule has 0 nitrogen and oxygen atoms in total.